The van der Waals surface area contributed by atoms with E-state index in [-0.39, 0.29) is 11.5 Å². The number of nitrogens with one attached hydrogen (secondary N) is 1. The molecule has 2 heterocycles. The third-order valence-corrected chi connectivity index (χ3v) is 8.35. The molecule has 0 spiro atoms. The van der Waals surface area contributed by atoms with Crippen LogP contribution in [0.2, 0.25) is 0 Å². The van der Waals surface area contributed by atoms with Gasteiger partial charge in [-0.25, -0.2) is 9.98 Å². The highest BCUT2D eigenvalue weighted by molar-refractivity contribution is 7.16. The molecule has 0 aliphatic rings. The van der Waals surface area contributed by atoms with Crippen LogP contribution < -0.4 is 15.6 Å². The molecule has 0 saturated carbocycles. The first-order valence-corrected chi connectivity index (χ1v) is 15.2. The van der Waals surface area contributed by atoms with E-state index in [1.54, 1.807) is 0 Å². The van der Waals surface area contributed by atoms with Crippen LogP contribution in [-0.4, -0.2) is 10.9 Å². The van der Waals surface area contributed by atoms with Crippen LogP contribution in [0.25, 0.3) is 33.0 Å². The van der Waals surface area contributed by atoms with Gasteiger partial charge in [0.2, 0.25) is 5.55 Å². The quantitative estimate of drug-likeness (QED) is 0.187. The lowest BCUT2D eigenvalue weighted by Gasteiger charge is -2.07. The van der Waals surface area contributed by atoms with E-state index < -0.39 is 0 Å². The molecule has 0 bridgehead atoms. The fraction of sp³-hybridized carbons (Fsp3) is 0.0541. The maximum absolute atomic E-state index is 13.9. The summed E-state index contributed by atoms with van der Waals surface area (Å²) in [6, 6.07) is 40.8. The van der Waals surface area contributed by atoms with Crippen molar-refractivity contribution in [1.29, 1.82) is 0 Å². The fourth-order valence-corrected chi connectivity index (χ4v) is 6.00. The number of para-hydroxylation sites is 2. The zero-order valence-electron chi connectivity index (χ0n) is 23.9. The highest BCUT2D eigenvalue weighted by Gasteiger charge is 2.18. The van der Waals surface area contributed by atoms with Gasteiger partial charge in [-0.1, -0.05) is 73.7 Å². The number of amides is 1. The summed E-state index contributed by atoms with van der Waals surface area (Å²) >= 11 is 1.46. The van der Waals surface area contributed by atoms with Crippen LogP contribution in [0.1, 0.15) is 22.2 Å². The molecule has 0 unspecified atom stereocenters. The van der Waals surface area contributed by atoms with Crippen molar-refractivity contribution in [3.8, 4) is 22.8 Å². The minimum Gasteiger partial charge on any atom is -0.457 e. The van der Waals surface area contributed by atoms with E-state index in [0.29, 0.717) is 22.0 Å². The lowest BCUT2D eigenvalue weighted by atomic mass is 10.0. The zero-order valence-corrected chi connectivity index (χ0v) is 24.7. The largest absolute Gasteiger partial charge is 0.457 e. The van der Waals surface area contributed by atoms with Gasteiger partial charge >= 0.3 is 0 Å². The van der Waals surface area contributed by atoms with Crippen LogP contribution in [-0.2, 0) is 6.42 Å². The molecule has 5 aromatic carbocycles. The standard InChI is InChI=1S/C37H27N3O3S/c1-2-33-34(25-17-20-28(21-18-25)42-27-14-7-4-8-15-27)39-37(44-33)40-35(41)31-23-30-29-16-10-9-11-24(29)19-22-32(30)43-36(31)38-26-12-5-3-6-13-26/h3-23H,2H2,1H3,(H,39,40,41). The normalized spacial score (nSPS) is 11.6. The molecule has 0 radical (unpaired) electrons. The maximum Gasteiger partial charge on any atom is 0.262 e. The van der Waals surface area contributed by atoms with Gasteiger partial charge in [0, 0.05) is 15.8 Å². The molecule has 2 aromatic heterocycles. The predicted molar refractivity (Wildman–Crippen MR) is 177 cm³/mol. The van der Waals surface area contributed by atoms with E-state index in [9.17, 15) is 4.79 Å². The van der Waals surface area contributed by atoms with Gasteiger partial charge in [-0.15, -0.1) is 11.3 Å². The Balaban J connectivity index is 1.24. The highest BCUT2D eigenvalue weighted by Crippen LogP contribution is 2.34. The predicted octanol–water partition coefficient (Wildman–Crippen LogP) is 9.55. The van der Waals surface area contributed by atoms with Gasteiger partial charge in [-0.05, 0) is 77.9 Å². The lowest BCUT2D eigenvalue weighted by Crippen LogP contribution is -2.21. The summed E-state index contributed by atoms with van der Waals surface area (Å²) in [6.07, 6.45) is 0.775. The minimum atomic E-state index is -0.340. The number of fused-ring (bicyclic) bond motifs is 3. The van der Waals surface area contributed by atoms with Crippen molar-refractivity contribution in [3.63, 3.8) is 0 Å². The van der Waals surface area contributed by atoms with E-state index in [0.717, 1.165) is 50.2 Å². The van der Waals surface area contributed by atoms with Crippen LogP contribution in [0.3, 0.4) is 0 Å². The second kappa shape index (κ2) is 12.0. The van der Waals surface area contributed by atoms with E-state index in [4.69, 9.17) is 19.1 Å². The number of hydrogen-bond donors (Lipinski definition) is 1. The maximum atomic E-state index is 13.9. The van der Waals surface area contributed by atoms with Gasteiger partial charge in [-0.3, -0.25) is 10.1 Å². The molecule has 7 heteroatoms. The molecule has 0 atom stereocenters. The van der Waals surface area contributed by atoms with E-state index in [2.05, 4.69) is 12.2 Å². The lowest BCUT2D eigenvalue weighted by molar-refractivity contribution is 0.102. The topological polar surface area (TPSA) is 76.7 Å². The summed E-state index contributed by atoms with van der Waals surface area (Å²) < 4.78 is 12.2. The number of carbonyl (C=O) groups excluding carboxylic acids is 1. The number of ether oxygens (including phenoxy) is 1. The number of hydrogen-bond acceptors (Lipinski definition) is 6. The number of benzene rings is 5. The Morgan fingerprint density at radius 2 is 1.52 bits per heavy atom. The number of rotatable bonds is 7. The average molecular weight is 594 g/mol. The zero-order chi connectivity index (χ0) is 29.9. The smallest absolute Gasteiger partial charge is 0.262 e. The van der Waals surface area contributed by atoms with Crippen LogP contribution in [0.15, 0.2) is 137 Å². The van der Waals surface area contributed by atoms with Gasteiger partial charge in [-0.2, -0.15) is 0 Å². The van der Waals surface area contributed by atoms with Crippen molar-refractivity contribution in [1.82, 2.24) is 4.98 Å². The molecule has 0 fully saturated rings. The Bertz CT molecular complexity index is 2170. The summed E-state index contributed by atoms with van der Waals surface area (Å²) in [7, 11) is 0. The summed E-state index contributed by atoms with van der Waals surface area (Å²) in [4.78, 5) is 24.5. The highest BCUT2D eigenvalue weighted by atomic mass is 32.1. The van der Waals surface area contributed by atoms with Gasteiger partial charge in [0.05, 0.1) is 11.4 Å². The Morgan fingerprint density at radius 1 is 0.818 bits per heavy atom. The van der Waals surface area contributed by atoms with Crippen LogP contribution in [0, 0.1) is 0 Å². The Labute approximate surface area is 258 Å². The monoisotopic (exact) mass is 593 g/mol. The summed E-state index contributed by atoms with van der Waals surface area (Å²) in [5.74, 6) is 1.18. The molecular weight excluding hydrogens is 566 g/mol. The Morgan fingerprint density at radius 3 is 2.30 bits per heavy atom. The summed E-state index contributed by atoms with van der Waals surface area (Å²) in [5, 5.41) is 6.44. The van der Waals surface area contributed by atoms with Crippen LogP contribution >= 0.6 is 11.3 Å². The van der Waals surface area contributed by atoms with Crippen LogP contribution in [0.4, 0.5) is 10.8 Å². The first-order valence-electron chi connectivity index (χ1n) is 14.3. The van der Waals surface area contributed by atoms with Crippen molar-refractivity contribution in [2.45, 2.75) is 13.3 Å². The molecule has 7 rings (SSSR count). The second-order valence-electron chi connectivity index (χ2n) is 10.1. The first kappa shape index (κ1) is 27.3. The van der Waals surface area contributed by atoms with Gasteiger partial charge in [0.15, 0.2) is 5.13 Å². The molecular formula is C37H27N3O3S. The fourth-order valence-electron chi connectivity index (χ4n) is 5.08. The molecule has 44 heavy (non-hydrogen) atoms. The van der Waals surface area contributed by atoms with Gasteiger partial charge in [0.1, 0.15) is 22.6 Å². The van der Waals surface area contributed by atoms with Crippen molar-refractivity contribution >= 4 is 49.8 Å². The van der Waals surface area contributed by atoms with Crippen molar-refractivity contribution in [2.24, 2.45) is 4.99 Å². The third-order valence-electron chi connectivity index (χ3n) is 7.23. The number of thiazole rings is 1. The number of carbonyl (C=O) groups is 1. The van der Waals surface area contributed by atoms with Gasteiger partial charge in [0.25, 0.3) is 5.91 Å². The number of anilines is 1. The number of nitrogens with zero attached hydrogens (tertiary/aromatic N) is 2. The van der Waals surface area contributed by atoms with Gasteiger partial charge < -0.3 is 9.15 Å². The third kappa shape index (κ3) is 5.61. The first-order chi connectivity index (χ1) is 21.6. The summed E-state index contributed by atoms with van der Waals surface area (Å²) in [6.45, 7) is 2.08. The Hall–Kier alpha value is -5.53. The molecule has 1 N–H and O–H groups in total. The minimum absolute atomic E-state index is 0.234. The van der Waals surface area contributed by atoms with Crippen molar-refractivity contribution < 1.29 is 13.9 Å². The van der Waals surface area contributed by atoms with Crippen molar-refractivity contribution in [3.05, 3.63) is 143 Å². The Kier molecular flexibility index (Phi) is 7.44. The van der Waals surface area contributed by atoms with E-state index >= 15 is 0 Å². The SMILES string of the molecule is CCc1sc(NC(=O)c2cc3c(ccc4ccccc43)oc2=Nc2ccccc2)nc1-c1ccc(Oc2ccccc2)cc1. The number of aryl methyl sites for hydroxylation is 1. The number of aromatic nitrogens is 1. The molecule has 0 saturated heterocycles. The molecule has 1 amide bonds. The molecule has 214 valence electrons. The molecule has 0 aliphatic heterocycles. The molecule has 7 aromatic rings. The van der Waals surface area contributed by atoms with E-state index in [1.807, 2.05) is 127 Å². The van der Waals surface area contributed by atoms with Crippen LogP contribution in [0.5, 0.6) is 11.5 Å². The molecule has 6 nitrogen and oxygen atoms in total. The van der Waals surface area contributed by atoms with Crippen molar-refractivity contribution in [2.75, 3.05) is 5.32 Å². The second-order valence-corrected chi connectivity index (χ2v) is 11.2. The summed E-state index contributed by atoms with van der Waals surface area (Å²) in [5.41, 5.74) is 3.69. The molecule has 0 aliphatic carbocycles. The average Bonchev–Trinajstić information content (AvgIpc) is 3.48. The van der Waals surface area contributed by atoms with E-state index in [1.165, 1.54) is 11.3 Å².